The van der Waals surface area contributed by atoms with Crippen LogP contribution in [0.15, 0.2) is 42.9 Å². The van der Waals surface area contributed by atoms with E-state index in [0.717, 1.165) is 16.8 Å². The molecule has 4 rings (SSSR count). The maximum atomic E-state index is 9.40. The minimum absolute atomic E-state index is 0.128. The Bertz CT molecular complexity index is 1240. The monoisotopic (exact) mass is 404 g/mol. The molecule has 1 atom stereocenters. The number of nitrogens with zero attached hydrogens (tertiary/aromatic N) is 6. The number of nitrogens with one attached hydrogen (secondary N) is 1. The van der Waals surface area contributed by atoms with Crippen molar-refractivity contribution in [2.45, 2.75) is 19.9 Å². The lowest BCUT2D eigenvalue weighted by Crippen LogP contribution is -2.14. The number of hydrogen-bond donors (Lipinski definition) is 2. The highest BCUT2D eigenvalue weighted by molar-refractivity contribution is 6.34. The van der Waals surface area contributed by atoms with Gasteiger partial charge in [-0.3, -0.25) is 0 Å². The zero-order valence-corrected chi connectivity index (χ0v) is 16.5. The summed E-state index contributed by atoms with van der Waals surface area (Å²) in [6, 6.07) is 11.6. The van der Waals surface area contributed by atoms with Gasteiger partial charge in [0.1, 0.15) is 34.6 Å². The molecule has 9 heteroatoms. The maximum absolute atomic E-state index is 9.40. The number of aryl methyl sites for hydroxylation is 1. The van der Waals surface area contributed by atoms with Gasteiger partial charge in [0.2, 0.25) is 0 Å². The molecule has 0 aliphatic rings. The predicted octanol–water partition coefficient (Wildman–Crippen LogP) is 3.78. The lowest BCUT2D eigenvalue weighted by atomic mass is 10.0. The first kappa shape index (κ1) is 18.7. The van der Waals surface area contributed by atoms with Crippen LogP contribution in [-0.2, 0) is 0 Å². The Kier molecular flexibility index (Phi) is 4.74. The Morgan fingerprint density at radius 1 is 1.24 bits per heavy atom. The SMILES string of the molecule is Cc1nn2cc([C@H](C)Nc3ncnc(N)c3C#N)c(-c3ccccc3)nc2c1Cl. The Balaban J connectivity index is 1.86. The van der Waals surface area contributed by atoms with Crippen LogP contribution in [0, 0.1) is 18.3 Å². The van der Waals surface area contributed by atoms with Gasteiger partial charge in [-0.1, -0.05) is 41.9 Å². The van der Waals surface area contributed by atoms with Crippen molar-refractivity contribution >= 4 is 28.9 Å². The van der Waals surface area contributed by atoms with Crippen molar-refractivity contribution in [3.8, 4) is 17.3 Å². The number of anilines is 2. The molecule has 0 bridgehead atoms. The van der Waals surface area contributed by atoms with E-state index >= 15 is 0 Å². The molecule has 3 N–H and O–H groups in total. The number of nitrogens with two attached hydrogens (primary N) is 1. The molecule has 0 unspecified atom stereocenters. The molecule has 1 aromatic carbocycles. The van der Waals surface area contributed by atoms with Crippen LogP contribution in [0.5, 0.6) is 0 Å². The fraction of sp³-hybridized carbons (Fsp3) is 0.150. The van der Waals surface area contributed by atoms with Gasteiger partial charge < -0.3 is 11.1 Å². The molecule has 0 fully saturated rings. The lowest BCUT2D eigenvalue weighted by molar-refractivity contribution is 0.825. The van der Waals surface area contributed by atoms with Gasteiger partial charge in [-0.2, -0.15) is 10.4 Å². The second-order valence-electron chi connectivity index (χ2n) is 6.54. The summed E-state index contributed by atoms with van der Waals surface area (Å²) in [6.45, 7) is 3.79. The molecule has 0 radical (unpaired) electrons. The average molecular weight is 405 g/mol. The molecule has 0 saturated carbocycles. The molecule has 0 saturated heterocycles. The summed E-state index contributed by atoms with van der Waals surface area (Å²) in [5.74, 6) is 0.491. The fourth-order valence-electron chi connectivity index (χ4n) is 3.11. The van der Waals surface area contributed by atoms with E-state index in [4.69, 9.17) is 22.3 Å². The topological polar surface area (TPSA) is 118 Å². The molecular formula is C20H17ClN8. The summed E-state index contributed by atoms with van der Waals surface area (Å²) >= 11 is 6.39. The van der Waals surface area contributed by atoms with Crippen LogP contribution in [0.25, 0.3) is 16.9 Å². The van der Waals surface area contributed by atoms with Crippen LogP contribution in [-0.4, -0.2) is 24.6 Å². The van der Waals surface area contributed by atoms with Crippen LogP contribution >= 0.6 is 11.6 Å². The first-order valence-electron chi connectivity index (χ1n) is 8.87. The van der Waals surface area contributed by atoms with E-state index in [9.17, 15) is 5.26 Å². The predicted molar refractivity (Wildman–Crippen MR) is 111 cm³/mol. The third-order valence-electron chi connectivity index (χ3n) is 4.60. The van der Waals surface area contributed by atoms with Gasteiger partial charge in [0.15, 0.2) is 5.65 Å². The number of hydrogen-bond acceptors (Lipinski definition) is 7. The lowest BCUT2D eigenvalue weighted by Gasteiger charge is -2.19. The summed E-state index contributed by atoms with van der Waals surface area (Å²) in [5, 5.41) is 17.6. The number of fused-ring (bicyclic) bond motifs is 1. The largest absolute Gasteiger partial charge is 0.382 e. The van der Waals surface area contributed by atoms with Gasteiger partial charge in [-0.05, 0) is 13.8 Å². The number of rotatable bonds is 4. The number of nitriles is 1. The van der Waals surface area contributed by atoms with E-state index in [2.05, 4.69) is 20.4 Å². The second-order valence-corrected chi connectivity index (χ2v) is 6.92. The van der Waals surface area contributed by atoms with Crippen LogP contribution in [0.3, 0.4) is 0 Å². The first-order valence-corrected chi connectivity index (χ1v) is 9.25. The highest BCUT2D eigenvalue weighted by Gasteiger charge is 2.20. The first-order chi connectivity index (χ1) is 14.0. The summed E-state index contributed by atoms with van der Waals surface area (Å²) in [5.41, 5.74) is 9.86. The molecule has 0 aliphatic carbocycles. The molecule has 144 valence electrons. The van der Waals surface area contributed by atoms with Gasteiger partial charge in [0.25, 0.3) is 0 Å². The van der Waals surface area contributed by atoms with Crippen molar-refractivity contribution in [1.82, 2.24) is 24.6 Å². The Morgan fingerprint density at radius 2 is 2.00 bits per heavy atom. The van der Waals surface area contributed by atoms with Crippen molar-refractivity contribution in [2.24, 2.45) is 0 Å². The quantitative estimate of drug-likeness (QED) is 0.531. The molecule has 3 heterocycles. The molecule has 29 heavy (non-hydrogen) atoms. The molecule has 0 spiro atoms. The molecule has 0 amide bonds. The molecule has 4 aromatic rings. The van der Waals surface area contributed by atoms with Gasteiger partial charge in [-0.15, -0.1) is 0 Å². The van der Waals surface area contributed by atoms with E-state index in [-0.39, 0.29) is 17.4 Å². The third-order valence-corrected chi connectivity index (χ3v) is 5.04. The molecular weight excluding hydrogens is 388 g/mol. The third kappa shape index (κ3) is 3.32. The van der Waals surface area contributed by atoms with Gasteiger partial charge in [0, 0.05) is 17.3 Å². The zero-order chi connectivity index (χ0) is 20.5. The van der Waals surface area contributed by atoms with Gasteiger partial charge in [-0.25, -0.2) is 19.5 Å². The number of benzene rings is 1. The highest BCUT2D eigenvalue weighted by Crippen LogP contribution is 2.32. The summed E-state index contributed by atoms with van der Waals surface area (Å²) < 4.78 is 1.66. The van der Waals surface area contributed by atoms with Crippen molar-refractivity contribution < 1.29 is 0 Å². The van der Waals surface area contributed by atoms with Gasteiger partial charge in [0.05, 0.1) is 17.4 Å². The number of halogens is 1. The second kappa shape index (κ2) is 7.37. The summed E-state index contributed by atoms with van der Waals surface area (Å²) in [4.78, 5) is 12.8. The minimum Gasteiger partial charge on any atom is -0.382 e. The average Bonchev–Trinajstić information content (AvgIpc) is 3.01. The van der Waals surface area contributed by atoms with Crippen molar-refractivity contribution in [1.29, 1.82) is 5.26 Å². The Labute approximate surface area is 172 Å². The van der Waals surface area contributed by atoms with Crippen LogP contribution in [0.2, 0.25) is 5.02 Å². The normalized spacial score (nSPS) is 11.9. The van der Waals surface area contributed by atoms with Crippen molar-refractivity contribution in [3.63, 3.8) is 0 Å². The molecule has 0 aliphatic heterocycles. The van der Waals surface area contributed by atoms with Crippen molar-refractivity contribution in [2.75, 3.05) is 11.1 Å². The Morgan fingerprint density at radius 3 is 2.72 bits per heavy atom. The van der Waals surface area contributed by atoms with Gasteiger partial charge >= 0.3 is 0 Å². The summed E-state index contributed by atoms with van der Waals surface area (Å²) in [6.07, 6.45) is 3.21. The fourth-order valence-corrected chi connectivity index (χ4v) is 3.28. The van der Waals surface area contributed by atoms with E-state index in [1.54, 1.807) is 4.52 Å². The van der Waals surface area contributed by atoms with Crippen LogP contribution in [0.4, 0.5) is 11.6 Å². The van der Waals surface area contributed by atoms with Crippen molar-refractivity contribution in [3.05, 3.63) is 64.7 Å². The highest BCUT2D eigenvalue weighted by atomic mass is 35.5. The van der Waals surface area contributed by atoms with E-state index in [1.807, 2.05) is 56.4 Å². The zero-order valence-electron chi connectivity index (χ0n) is 15.8. The molecule has 3 aromatic heterocycles. The number of aromatic nitrogens is 5. The Hall–Kier alpha value is -3.70. The summed E-state index contributed by atoms with van der Waals surface area (Å²) in [7, 11) is 0. The van der Waals surface area contributed by atoms with E-state index in [0.29, 0.717) is 22.2 Å². The van der Waals surface area contributed by atoms with E-state index < -0.39 is 0 Å². The minimum atomic E-state index is -0.258. The van der Waals surface area contributed by atoms with Crippen LogP contribution < -0.4 is 11.1 Å². The standard InChI is InChI=1S/C20H17ClN8/c1-11(26-19-14(8-22)18(23)24-10-25-19)15-9-29-20(16(21)12(2)28-29)27-17(15)13-6-4-3-5-7-13/h3-7,9-11H,1-2H3,(H3,23,24,25,26)/t11-/m0/s1. The smallest absolute Gasteiger partial charge is 0.174 e. The van der Waals surface area contributed by atoms with Crippen LogP contribution in [0.1, 0.15) is 29.8 Å². The van der Waals surface area contributed by atoms with E-state index in [1.165, 1.54) is 6.33 Å². The molecule has 8 nitrogen and oxygen atoms in total. The number of nitrogen functional groups attached to an aromatic ring is 1. The maximum Gasteiger partial charge on any atom is 0.174 e.